The summed E-state index contributed by atoms with van der Waals surface area (Å²) in [5.74, 6) is 0.745. The van der Waals surface area contributed by atoms with Gasteiger partial charge in [0.05, 0.1) is 11.4 Å². The van der Waals surface area contributed by atoms with Gasteiger partial charge in [-0.05, 0) is 57.4 Å². The number of carbonyl (C=O) groups is 1. The van der Waals surface area contributed by atoms with Gasteiger partial charge in [0.25, 0.3) is 0 Å². The minimum Gasteiger partial charge on any atom is -0.342 e. The van der Waals surface area contributed by atoms with Crippen LogP contribution in [0.2, 0.25) is 0 Å². The van der Waals surface area contributed by atoms with Crippen molar-refractivity contribution in [2.75, 3.05) is 26.2 Å². The number of piperidine rings is 2. The van der Waals surface area contributed by atoms with Gasteiger partial charge in [0.15, 0.2) is 0 Å². The average molecular weight is 445 g/mol. The van der Waals surface area contributed by atoms with E-state index in [1.165, 1.54) is 9.87 Å². The smallest absolute Gasteiger partial charge is 0.246 e. The van der Waals surface area contributed by atoms with Crippen molar-refractivity contribution in [3.05, 3.63) is 47.3 Å². The van der Waals surface area contributed by atoms with Crippen molar-refractivity contribution in [2.45, 2.75) is 50.8 Å². The number of aromatic nitrogens is 2. The lowest BCUT2D eigenvalue weighted by Crippen LogP contribution is -2.46. The summed E-state index contributed by atoms with van der Waals surface area (Å²) in [5.41, 5.74) is 2.42. The Labute approximate surface area is 184 Å². The van der Waals surface area contributed by atoms with E-state index in [1.54, 1.807) is 13.8 Å². The average Bonchev–Trinajstić information content (AvgIpc) is 3.13. The Bertz CT molecular complexity index is 983. The third kappa shape index (κ3) is 4.70. The van der Waals surface area contributed by atoms with Crippen molar-refractivity contribution in [3.8, 4) is 0 Å². The van der Waals surface area contributed by atoms with E-state index in [0.717, 1.165) is 32.4 Å². The molecule has 8 heteroatoms. The monoisotopic (exact) mass is 444 g/mol. The Hall–Kier alpha value is -2.19. The number of benzene rings is 1. The lowest BCUT2D eigenvalue weighted by molar-refractivity contribution is -0.138. The molecule has 2 saturated heterocycles. The molecule has 0 aliphatic carbocycles. The molecule has 2 aliphatic rings. The van der Waals surface area contributed by atoms with Crippen molar-refractivity contribution in [2.24, 2.45) is 11.8 Å². The summed E-state index contributed by atoms with van der Waals surface area (Å²) in [6, 6.07) is 10.5. The lowest BCUT2D eigenvalue weighted by Gasteiger charge is -2.37. The van der Waals surface area contributed by atoms with Crippen LogP contribution in [0.25, 0.3) is 0 Å². The Kier molecular flexibility index (Phi) is 6.48. The van der Waals surface area contributed by atoms with E-state index in [4.69, 9.17) is 0 Å². The molecule has 31 heavy (non-hydrogen) atoms. The number of amides is 1. The molecule has 168 valence electrons. The molecule has 4 rings (SSSR count). The van der Waals surface area contributed by atoms with Crippen molar-refractivity contribution >= 4 is 15.9 Å². The first-order chi connectivity index (χ1) is 14.9. The van der Waals surface area contributed by atoms with E-state index in [9.17, 15) is 13.2 Å². The van der Waals surface area contributed by atoms with Crippen LogP contribution in [0.15, 0.2) is 35.2 Å². The number of sulfonamides is 1. The normalized spacial score (nSPS) is 19.6. The van der Waals surface area contributed by atoms with Gasteiger partial charge in [0.2, 0.25) is 15.9 Å². The fraction of sp³-hybridized carbons (Fsp3) is 0.565. The summed E-state index contributed by atoms with van der Waals surface area (Å²) in [7, 11) is -3.58. The molecule has 2 aromatic rings. The topological polar surface area (TPSA) is 86.4 Å². The maximum atomic E-state index is 13.1. The van der Waals surface area contributed by atoms with Crippen LogP contribution >= 0.6 is 0 Å². The Morgan fingerprint density at radius 3 is 2.26 bits per heavy atom. The minimum atomic E-state index is -3.58. The number of hydrogen-bond acceptors (Lipinski definition) is 4. The number of H-pyrrole nitrogens is 1. The molecule has 0 bridgehead atoms. The predicted octanol–water partition coefficient (Wildman–Crippen LogP) is 2.91. The van der Waals surface area contributed by atoms with Crippen LogP contribution in [0.5, 0.6) is 0 Å². The molecule has 0 spiro atoms. The molecule has 2 aliphatic heterocycles. The number of hydrogen-bond donors (Lipinski definition) is 1. The third-order valence-electron chi connectivity index (χ3n) is 6.75. The molecular weight excluding hydrogens is 412 g/mol. The largest absolute Gasteiger partial charge is 0.342 e. The predicted molar refractivity (Wildman–Crippen MR) is 119 cm³/mol. The standard InChI is InChI=1S/C23H32N4O3S/c1-17-22(18(2)25-24-17)31(29,30)27-14-10-21(11-15-27)23(28)26-12-8-20(9-13-26)16-19-6-4-3-5-7-19/h3-7,20-21H,8-16H2,1-2H3,(H,24,25). The van der Waals surface area contributed by atoms with Gasteiger partial charge in [-0.25, -0.2) is 8.42 Å². The number of aryl methyl sites for hydroxylation is 2. The molecule has 0 saturated carbocycles. The van der Waals surface area contributed by atoms with Crippen LogP contribution in [0.4, 0.5) is 0 Å². The SMILES string of the molecule is Cc1n[nH]c(C)c1S(=O)(=O)N1CCC(C(=O)N2CCC(Cc3ccccc3)CC2)CC1. The summed E-state index contributed by atoms with van der Waals surface area (Å²) >= 11 is 0. The van der Waals surface area contributed by atoms with Crippen molar-refractivity contribution in [1.29, 1.82) is 0 Å². The number of nitrogens with one attached hydrogen (secondary N) is 1. The Morgan fingerprint density at radius 1 is 1.03 bits per heavy atom. The molecule has 1 aromatic carbocycles. The lowest BCUT2D eigenvalue weighted by atomic mass is 9.89. The van der Waals surface area contributed by atoms with Gasteiger partial charge in [-0.1, -0.05) is 30.3 Å². The zero-order valence-electron chi connectivity index (χ0n) is 18.4. The van der Waals surface area contributed by atoms with Gasteiger partial charge < -0.3 is 4.90 Å². The number of carbonyl (C=O) groups excluding carboxylic acids is 1. The zero-order valence-corrected chi connectivity index (χ0v) is 19.2. The maximum absolute atomic E-state index is 13.1. The van der Waals surface area contributed by atoms with E-state index in [1.807, 2.05) is 11.0 Å². The highest BCUT2D eigenvalue weighted by Crippen LogP contribution is 2.29. The zero-order chi connectivity index (χ0) is 22.0. The quantitative estimate of drug-likeness (QED) is 0.768. The van der Waals surface area contributed by atoms with Crippen LogP contribution in [0.1, 0.15) is 42.6 Å². The summed E-state index contributed by atoms with van der Waals surface area (Å²) in [6.45, 7) is 5.81. The first-order valence-electron chi connectivity index (χ1n) is 11.2. The number of aromatic amines is 1. The van der Waals surface area contributed by atoms with E-state index in [2.05, 4.69) is 34.5 Å². The second kappa shape index (κ2) is 9.12. The van der Waals surface area contributed by atoms with Crippen LogP contribution in [0.3, 0.4) is 0 Å². The Morgan fingerprint density at radius 2 is 1.68 bits per heavy atom. The molecule has 0 unspecified atom stereocenters. The number of nitrogens with zero attached hydrogens (tertiary/aromatic N) is 3. The molecule has 1 N–H and O–H groups in total. The second-order valence-corrected chi connectivity index (χ2v) is 10.8. The van der Waals surface area contributed by atoms with Crippen molar-refractivity contribution < 1.29 is 13.2 Å². The molecule has 2 fully saturated rings. The van der Waals surface area contributed by atoms with E-state index >= 15 is 0 Å². The molecule has 1 amide bonds. The first kappa shape index (κ1) is 22.0. The van der Waals surface area contributed by atoms with Gasteiger partial charge in [0.1, 0.15) is 4.90 Å². The van der Waals surface area contributed by atoms with Gasteiger partial charge in [-0.3, -0.25) is 9.89 Å². The highest BCUT2D eigenvalue weighted by Gasteiger charge is 2.36. The molecule has 0 atom stereocenters. The highest BCUT2D eigenvalue weighted by molar-refractivity contribution is 7.89. The van der Waals surface area contributed by atoms with Crippen LogP contribution in [-0.2, 0) is 21.2 Å². The molecule has 7 nitrogen and oxygen atoms in total. The summed E-state index contributed by atoms with van der Waals surface area (Å²) in [4.78, 5) is 15.3. The molecule has 0 radical (unpaired) electrons. The van der Waals surface area contributed by atoms with Crippen LogP contribution < -0.4 is 0 Å². The fourth-order valence-corrected chi connectivity index (χ4v) is 6.76. The van der Waals surface area contributed by atoms with Gasteiger partial charge >= 0.3 is 0 Å². The van der Waals surface area contributed by atoms with Gasteiger partial charge in [0, 0.05) is 32.1 Å². The first-order valence-corrected chi connectivity index (χ1v) is 12.6. The maximum Gasteiger partial charge on any atom is 0.246 e. The molecular formula is C23H32N4O3S. The fourth-order valence-electron chi connectivity index (χ4n) is 4.96. The van der Waals surface area contributed by atoms with Crippen LogP contribution in [-0.4, -0.2) is 59.9 Å². The van der Waals surface area contributed by atoms with Crippen LogP contribution in [0, 0.1) is 25.7 Å². The van der Waals surface area contributed by atoms with Crippen molar-refractivity contribution in [1.82, 2.24) is 19.4 Å². The molecule has 3 heterocycles. The van der Waals surface area contributed by atoms with E-state index in [-0.39, 0.29) is 16.7 Å². The number of rotatable bonds is 5. The Balaban J connectivity index is 1.29. The second-order valence-electron chi connectivity index (χ2n) is 8.90. The van der Waals surface area contributed by atoms with Gasteiger partial charge in [-0.2, -0.15) is 9.40 Å². The molecule has 1 aromatic heterocycles. The number of likely N-dealkylation sites (tertiary alicyclic amines) is 1. The van der Waals surface area contributed by atoms with Gasteiger partial charge in [-0.15, -0.1) is 0 Å². The summed E-state index contributed by atoms with van der Waals surface area (Å²) in [5, 5.41) is 6.78. The highest BCUT2D eigenvalue weighted by atomic mass is 32.2. The summed E-state index contributed by atoms with van der Waals surface area (Å²) < 4.78 is 27.6. The van der Waals surface area contributed by atoms with E-state index < -0.39 is 10.0 Å². The minimum absolute atomic E-state index is 0.0799. The van der Waals surface area contributed by atoms with E-state index in [0.29, 0.717) is 43.2 Å². The third-order valence-corrected chi connectivity index (χ3v) is 8.92. The van der Waals surface area contributed by atoms with Crippen molar-refractivity contribution in [3.63, 3.8) is 0 Å². The summed E-state index contributed by atoms with van der Waals surface area (Å²) in [6.07, 6.45) is 4.31.